The molecule has 17 heavy (non-hydrogen) atoms. The van der Waals surface area contributed by atoms with Crippen LogP contribution in [0.2, 0.25) is 0 Å². The Bertz CT molecular complexity index is 348. The molecule has 1 saturated heterocycles. The van der Waals surface area contributed by atoms with E-state index in [4.69, 9.17) is 4.74 Å². The van der Waals surface area contributed by atoms with Crippen LogP contribution in [0.1, 0.15) is 20.3 Å². The van der Waals surface area contributed by atoms with E-state index in [-0.39, 0.29) is 28.7 Å². The first-order valence-electron chi connectivity index (χ1n) is 5.76. The fraction of sp³-hybridized carbons (Fsp3) is 0.818. The van der Waals surface area contributed by atoms with Gasteiger partial charge < -0.3 is 14.7 Å². The summed E-state index contributed by atoms with van der Waals surface area (Å²) >= 11 is 3.48. The van der Waals surface area contributed by atoms with Crippen molar-refractivity contribution in [3.63, 3.8) is 0 Å². The number of fused-ring (bicyclic) bond motifs is 2. The summed E-state index contributed by atoms with van der Waals surface area (Å²) in [7, 11) is 0. The van der Waals surface area contributed by atoms with Crippen LogP contribution in [0.3, 0.4) is 0 Å². The van der Waals surface area contributed by atoms with E-state index in [0.717, 1.165) is 0 Å². The van der Waals surface area contributed by atoms with E-state index >= 15 is 0 Å². The number of piperidine rings is 1. The van der Waals surface area contributed by atoms with Crippen LogP contribution in [0.15, 0.2) is 0 Å². The minimum atomic E-state index is -0.557. The second-order valence-corrected chi connectivity index (χ2v) is 5.58. The second-order valence-electron chi connectivity index (χ2n) is 4.53. The van der Waals surface area contributed by atoms with Gasteiger partial charge in [-0.05, 0) is 13.3 Å². The molecule has 1 N–H and O–H groups in total. The standard InChI is InChI=1S/C11H16BrNO4/c1-3-17-11(16)9-6-4-7(15)10(8(6)12)13(9)5(2)14/h6-10,15H,3-4H2,1-2H3/t6-,7-,8+,9-,10+/m1/s1. The van der Waals surface area contributed by atoms with E-state index in [1.165, 1.54) is 11.8 Å². The number of hydrogen-bond donors (Lipinski definition) is 1. The summed E-state index contributed by atoms with van der Waals surface area (Å²) in [4.78, 5) is 25.0. The topological polar surface area (TPSA) is 66.8 Å². The molecule has 0 radical (unpaired) electrons. The van der Waals surface area contributed by atoms with Crippen LogP contribution in [0.4, 0.5) is 0 Å². The summed E-state index contributed by atoms with van der Waals surface area (Å²) in [5, 5.41) is 9.86. The van der Waals surface area contributed by atoms with Gasteiger partial charge in [-0.15, -0.1) is 0 Å². The molecule has 96 valence electrons. The Morgan fingerprint density at radius 2 is 2.18 bits per heavy atom. The Morgan fingerprint density at radius 1 is 1.53 bits per heavy atom. The van der Waals surface area contributed by atoms with E-state index in [1.54, 1.807) is 6.92 Å². The Morgan fingerprint density at radius 3 is 2.71 bits per heavy atom. The average molecular weight is 306 g/mol. The summed E-state index contributed by atoms with van der Waals surface area (Å²) in [6, 6.07) is -0.864. The number of rotatable bonds is 2. The molecule has 0 aromatic rings. The van der Waals surface area contributed by atoms with Crippen LogP contribution in [-0.4, -0.2) is 51.5 Å². The Kier molecular flexibility index (Phi) is 3.45. The van der Waals surface area contributed by atoms with Crippen molar-refractivity contribution in [3.8, 4) is 0 Å². The lowest BCUT2D eigenvalue weighted by atomic mass is 9.97. The highest BCUT2D eigenvalue weighted by atomic mass is 79.9. The van der Waals surface area contributed by atoms with E-state index in [2.05, 4.69) is 15.9 Å². The predicted molar refractivity (Wildman–Crippen MR) is 63.6 cm³/mol. The summed E-state index contributed by atoms with van der Waals surface area (Å²) in [5.41, 5.74) is 0. The quantitative estimate of drug-likeness (QED) is 0.588. The van der Waals surface area contributed by atoms with Crippen molar-refractivity contribution in [3.05, 3.63) is 0 Å². The average Bonchev–Trinajstić information content (AvgIpc) is 2.68. The van der Waals surface area contributed by atoms with Gasteiger partial charge in [-0.25, -0.2) is 4.79 Å². The number of nitrogens with zero attached hydrogens (tertiary/aromatic N) is 1. The minimum absolute atomic E-state index is 0.0317. The molecular formula is C11H16BrNO4. The molecule has 0 aromatic heterocycles. The van der Waals surface area contributed by atoms with Gasteiger partial charge >= 0.3 is 5.97 Å². The number of aliphatic hydroxyl groups excluding tert-OH is 1. The van der Waals surface area contributed by atoms with Crippen LogP contribution in [0.25, 0.3) is 0 Å². The molecule has 2 bridgehead atoms. The van der Waals surface area contributed by atoms with Gasteiger partial charge in [0, 0.05) is 17.7 Å². The summed E-state index contributed by atoms with van der Waals surface area (Å²) in [6.07, 6.45) is -0.0210. The van der Waals surface area contributed by atoms with Gasteiger partial charge in [0.1, 0.15) is 6.04 Å². The highest BCUT2D eigenvalue weighted by Crippen LogP contribution is 2.47. The Hall–Kier alpha value is -0.620. The van der Waals surface area contributed by atoms with E-state index in [1.807, 2.05) is 0 Å². The maximum atomic E-state index is 11.9. The third kappa shape index (κ3) is 1.87. The highest BCUT2D eigenvalue weighted by molar-refractivity contribution is 9.09. The molecular weight excluding hydrogens is 290 g/mol. The van der Waals surface area contributed by atoms with Crippen molar-refractivity contribution in [2.75, 3.05) is 6.61 Å². The number of halogens is 1. The van der Waals surface area contributed by atoms with Gasteiger partial charge in [0.05, 0.1) is 18.8 Å². The van der Waals surface area contributed by atoms with E-state index in [0.29, 0.717) is 13.0 Å². The van der Waals surface area contributed by atoms with Gasteiger partial charge in [0.15, 0.2) is 0 Å². The summed E-state index contributed by atoms with van der Waals surface area (Å²) < 4.78 is 5.01. The first-order chi connectivity index (χ1) is 7.99. The highest BCUT2D eigenvalue weighted by Gasteiger charge is 2.60. The van der Waals surface area contributed by atoms with Crippen LogP contribution in [0.5, 0.6) is 0 Å². The van der Waals surface area contributed by atoms with Gasteiger partial charge in [-0.2, -0.15) is 0 Å². The number of amides is 1. The maximum absolute atomic E-state index is 11.9. The smallest absolute Gasteiger partial charge is 0.329 e. The summed E-state index contributed by atoms with van der Waals surface area (Å²) in [5.74, 6) is -0.622. The largest absolute Gasteiger partial charge is 0.464 e. The molecule has 5 nitrogen and oxygen atoms in total. The first-order valence-corrected chi connectivity index (χ1v) is 6.68. The summed E-state index contributed by atoms with van der Waals surface area (Å²) in [6.45, 7) is 3.46. The lowest BCUT2D eigenvalue weighted by Crippen LogP contribution is -2.53. The van der Waals surface area contributed by atoms with Crippen molar-refractivity contribution in [2.45, 2.75) is 43.3 Å². The molecule has 1 heterocycles. The van der Waals surface area contributed by atoms with Gasteiger partial charge in [-0.1, -0.05) is 15.9 Å². The fourth-order valence-electron chi connectivity index (χ4n) is 2.97. The Labute approximate surface area is 108 Å². The molecule has 1 aliphatic heterocycles. The number of likely N-dealkylation sites (tertiary alicyclic amines) is 1. The van der Waals surface area contributed by atoms with Gasteiger partial charge in [0.25, 0.3) is 0 Å². The van der Waals surface area contributed by atoms with Crippen molar-refractivity contribution in [2.24, 2.45) is 5.92 Å². The van der Waals surface area contributed by atoms with Crippen LogP contribution < -0.4 is 0 Å². The number of ether oxygens (including phenoxy) is 1. The molecule has 0 spiro atoms. The third-order valence-electron chi connectivity index (χ3n) is 3.56. The molecule has 6 heteroatoms. The molecule has 1 aliphatic carbocycles. The number of alkyl halides is 1. The van der Waals surface area contributed by atoms with Gasteiger partial charge in [-0.3, -0.25) is 4.79 Å². The molecule has 1 amide bonds. The SMILES string of the molecule is CCOC(=O)[C@H]1[C@@H]2C[C@@H](O)[C@@H]([C@H]2Br)N1C(C)=O. The van der Waals surface area contributed by atoms with Crippen molar-refractivity contribution in [1.29, 1.82) is 0 Å². The molecule has 2 fully saturated rings. The molecule has 0 aromatic carbocycles. The monoisotopic (exact) mass is 305 g/mol. The number of carbonyl (C=O) groups is 2. The molecule has 2 aliphatic rings. The predicted octanol–water partition coefficient (Wildman–Crippen LogP) is 0.293. The number of carbonyl (C=O) groups excluding carboxylic acids is 2. The van der Waals surface area contributed by atoms with Gasteiger partial charge in [0.2, 0.25) is 5.91 Å². The van der Waals surface area contributed by atoms with E-state index < -0.39 is 12.1 Å². The lowest BCUT2D eigenvalue weighted by Gasteiger charge is -2.35. The minimum Gasteiger partial charge on any atom is -0.464 e. The zero-order valence-corrected chi connectivity index (χ0v) is 11.4. The number of esters is 1. The lowest BCUT2D eigenvalue weighted by molar-refractivity contribution is -0.158. The molecule has 5 atom stereocenters. The zero-order chi connectivity index (χ0) is 12.7. The van der Waals surface area contributed by atoms with Crippen molar-refractivity contribution < 1.29 is 19.4 Å². The zero-order valence-electron chi connectivity index (χ0n) is 9.80. The van der Waals surface area contributed by atoms with E-state index in [9.17, 15) is 14.7 Å². The third-order valence-corrected chi connectivity index (χ3v) is 4.78. The first kappa shape index (κ1) is 12.8. The molecule has 1 saturated carbocycles. The molecule has 2 rings (SSSR count). The molecule has 0 unspecified atom stereocenters. The maximum Gasteiger partial charge on any atom is 0.329 e. The number of hydrogen-bond acceptors (Lipinski definition) is 4. The fourth-order valence-corrected chi connectivity index (χ4v) is 4.08. The van der Waals surface area contributed by atoms with Crippen LogP contribution in [-0.2, 0) is 14.3 Å². The second kappa shape index (κ2) is 4.57. The van der Waals surface area contributed by atoms with Crippen LogP contribution >= 0.6 is 15.9 Å². The number of aliphatic hydroxyl groups is 1. The van der Waals surface area contributed by atoms with Crippen molar-refractivity contribution >= 4 is 27.8 Å². The Balaban J connectivity index is 2.26. The van der Waals surface area contributed by atoms with Crippen molar-refractivity contribution in [1.82, 2.24) is 4.90 Å². The normalized spacial score (nSPS) is 39.5. The van der Waals surface area contributed by atoms with Crippen LogP contribution in [0, 0.1) is 5.92 Å².